The second-order valence-electron chi connectivity index (χ2n) is 3.59. The van der Waals surface area contributed by atoms with E-state index in [1.165, 1.54) is 19.1 Å². The molecule has 0 aliphatic carbocycles. The fourth-order valence-corrected chi connectivity index (χ4v) is 1.41. The molecule has 4 heteroatoms. The molecule has 0 spiro atoms. The molecule has 0 radical (unpaired) electrons. The van der Waals surface area contributed by atoms with E-state index in [4.69, 9.17) is 0 Å². The maximum atomic E-state index is 11.6. The Labute approximate surface area is 94.3 Å². The first-order valence-corrected chi connectivity index (χ1v) is 5.18. The number of phenols is 1. The third-order valence-electron chi connectivity index (χ3n) is 2.10. The van der Waals surface area contributed by atoms with E-state index in [-0.39, 0.29) is 17.4 Å². The number of aromatic hydroxyl groups is 1. The lowest BCUT2D eigenvalue weighted by Crippen LogP contribution is -2.06. The molecular weight excluding hydrogens is 206 g/mol. The van der Waals surface area contributed by atoms with Gasteiger partial charge >= 0.3 is 0 Å². The van der Waals surface area contributed by atoms with Gasteiger partial charge in [0.05, 0.1) is 5.56 Å². The fourth-order valence-electron chi connectivity index (χ4n) is 1.41. The Morgan fingerprint density at radius 3 is 2.56 bits per heavy atom. The third-order valence-corrected chi connectivity index (χ3v) is 2.10. The number of anilines is 1. The molecule has 1 aromatic carbocycles. The summed E-state index contributed by atoms with van der Waals surface area (Å²) in [5.74, 6) is -0.397. The summed E-state index contributed by atoms with van der Waals surface area (Å²) in [4.78, 5) is 22.3. The summed E-state index contributed by atoms with van der Waals surface area (Å²) in [5, 5.41) is 12.2. The quantitative estimate of drug-likeness (QED) is 0.767. The van der Waals surface area contributed by atoms with Gasteiger partial charge in [0.2, 0.25) is 5.91 Å². The number of Topliss-reactive ketones (excluding diaryl/α,β-unsaturated/α-hetero) is 1. The number of hydrogen-bond donors (Lipinski definition) is 2. The number of nitrogens with one attached hydrogen (secondary N) is 1. The van der Waals surface area contributed by atoms with Crippen molar-refractivity contribution in [1.29, 1.82) is 0 Å². The lowest BCUT2D eigenvalue weighted by molar-refractivity contribution is -0.114. The zero-order valence-corrected chi connectivity index (χ0v) is 9.41. The van der Waals surface area contributed by atoms with Crippen molar-refractivity contribution in [3.8, 4) is 5.75 Å². The molecule has 0 aliphatic heterocycles. The first-order chi connectivity index (χ1) is 7.54. The van der Waals surface area contributed by atoms with Crippen molar-refractivity contribution >= 4 is 17.4 Å². The van der Waals surface area contributed by atoms with Crippen molar-refractivity contribution < 1.29 is 14.7 Å². The highest BCUT2D eigenvalue weighted by Crippen LogP contribution is 2.23. The average Bonchev–Trinajstić information content (AvgIpc) is 2.16. The summed E-state index contributed by atoms with van der Waals surface area (Å²) < 4.78 is 0. The SMILES string of the molecule is CCCC(=O)c1ccc(NC(C)=O)cc1O. The van der Waals surface area contributed by atoms with E-state index >= 15 is 0 Å². The second kappa shape index (κ2) is 5.30. The summed E-state index contributed by atoms with van der Waals surface area (Å²) in [6.07, 6.45) is 1.15. The normalized spacial score (nSPS) is 9.88. The van der Waals surface area contributed by atoms with Gasteiger partial charge < -0.3 is 10.4 Å². The maximum Gasteiger partial charge on any atom is 0.221 e. The fraction of sp³-hybridized carbons (Fsp3) is 0.333. The van der Waals surface area contributed by atoms with Crippen LogP contribution in [0.15, 0.2) is 18.2 Å². The first kappa shape index (κ1) is 12.2. The highest BCUT2D eigenvalue weighted by atomic mass is 16.3. The largest absolute Gasteiger partial charge is 0.507 e. The monoisotopic (exact) mass is 221 g/mol. The number of rotatable bonds is 4. The molecule has 1 aromatic rings. The molecule has 0 bridgehead atoms. The number of hydrogen-bond acceptors (Lipinski definition) is 3. The number of amides is 1. The second-order valence-corrected chi connectivity index (χ2v) is 3.59. The summed E-state index contributed by atoms with van der Waals surface area (Å²) in [6.45, 7) is 3.29. The number of phenolic OH excluding ortho intramolecular Hbond substituents is 1. The van der Waals surface area contributed by atoms with Crippen LogP contribution in [0.5, 0.6) is 5.75 Å². The predicted octanol–water partition coefficient (Wildman–Crippen LogP) is 2.33. The van der Waals surface area contributed by atoms with Gasteiger partial charge in [-0.1, -0.05) is 6.92 Å². The molecule has 0 heterocycles. The van der Waals surface area contributed by atoms with Gasteiger partial charge in [0.1, 0.15) is 5.75 Å². The van der Waals surface area contributed by atoms with E-state index in [0.29, 0.717) is 17.7 Å². The molecule has 0 saturated heterocycles. The minimum atomic E-state index is -0.216. The topological polar surface area (TPSA) is 66.4 Å². The minimum Gasteiger partial charge on any atom is -0.507 e. The van der Waals surface area contributed by atoms with Crippen LogP contribution < -0.4 is 5.32 Å². The van der Waals surface area contributed by atoms with Crippen LogP contribution in [0.4, 0.5) is 5.69 Å². The zero-order chi connectivity index (χ0) is 12.1. The molecule has 1 amide bonds. The lowest BCUT2D eigenvalue weighted by Gasteiger charge is -2.06. The standard InChI is InChI=1S/C12H15NO3/c1-3-4-11(15)10-6-5-9(7-12(10)16)13-8(2)14/h5-7,16H,3-4H2,1-2H3,(H,13,14). The Bertz CT molecular complexity index is 413. The highest BCUT2D eigenvalue weighted by Gasteiger charge is 2.10. The van der Waals surface area contributed by atoms with Gasteiger partial charge in [-0.3, -0.25) is 9.59 Å². The highest BCUT2D eigenvalue weighted by molar-refractivity contribution is 5.99. The Balaban J connectivity index is 2.91. The molecule has 0 unspecified atom stereocenters. The van der Waals surface area contributed by atoms with Crippen molar-refractivity contribution in [2.24, 2.45) is 0 Å². The van der Waals surface area contributed by atoms with Crippen LogP contribution in [-0.2, 0) is 4.79 Å². The van der Waals surface area contributed by atoms with Crippen LogP contribution >= 0.6 is 0 Å². The molecule has 0 aromatic heterocycles. The predicted molar refractivity (Wildman–Crippen MR) is 61.6 cm³/mol. The van der Waals surface area contributed by atoms with Gasteiger partial charge in [0, 0.05) is 25.1 Å². The Kier molecular flexibility index (Phi) is 4.05. The van der Waals surface area contributed by atoms with Crippen molar-refractivity contribution in [2.75, 3.05) is 5.32 Å². The van der Waals surface area contributed by atoms with Gasteiger partial charge in [-0.05, 0) is 18.6 Å². The molecular formula is C12H15NO3. The molecule has 0 atom stereocenters. The van der Waals surface area contributed by atoms with E-state index in [2.05, 4.69) is 5.32 Å². The van der Waals surface area contributed by atoms with E-state index < -0.39 is 0 Å². The molecule has 86 valence electrons. The lowest BCUT2D eigenvalue weighted by atomic mass is 10.1. The van der Waals surface area contributed by atoms with E-state index in [9.17, 15) is 14.7 Å². The molecule has 4 nitrogen and oxygen atoms in total. The maximum absolute atomic E-state index is 11.6. The van der Waals surface area contributed by atoms with Crippen LogP contribution in [0.3, 0.4) is 0 Å². The Morgan fingerprint density at radius 2 is 2.06 bits per heavy atom. The summed E-state index contributed by atoms with van der Waals surface area (Å²) in [7, 11) is 0. The van der Waals surface area contributed by atoms with Crippen LogP contribution in [0, 0.1) is 0 Å². The third kappa shape index (κ3) is 3.08. The Morgan fingerprint density at radius 1 is 1.38 bits per heavy atom. The molecule has 16 heavy (non-hydrogen) atoms. The van der Waals surface area contributed by atoms with Gasteiger partial charge in [0.15, 0.2) is 5.78 Å². The summed E-state index contributed by atoms with van der Waals surface area (Å²) in [6, 6.07) is 4.51. The van der Waals surface area contributed by atoms with Crippen molar-refractivity contribution in [3.05, 3.63) is 23.8 Å². The first-order valence-electron chi connectivity index (χ1n) is 5.18. The van der Waals surface area contributed by atoms with E-state index in [1.807, 2.05) is 6.92 Å². The zero-order valence-electron chi connectivity index (χ0n) is 9.41. The molecule has 0 fully saturated rings. The van der Waals surface area contributed by atoms with Crippen molar-refractivity contribution in [1.82, 2.24) is 0 Å². The van der Waals surface area contributed by atoms with Gasteiger partial charge in [-0.15, -0.1) is 0 Å². The van der Waals surface area contributed by atoms with Crippen molar-refractivity contribution in [2.45, 2.75) is 26.7 Å². The van der Waals surface area contributed by atoms with Crippen LogP contribution in [0.1, 0.15) is 37.0 Å². The van der Waals surface area contributed by atoms with Crippen LogP contribution in [-0.4, -0.2) is 16.8 Å². The van der Waals surface area contributed by atoms with E-state index in [0.717, 1.165) is 6.42 Å². The summed E-state index contributed by atoms with van der Waals surface area (Å²) in [5.41, 5.74) is 0.786. The van der Waals surface area contributed by atoms with Gasteiger partial charge in [-0.25, -0.2) is 0 Å². The molecule has 2 N–H and O–H groups in total. The van der Waals surface area contributed by atoms with Gasteiger partial charge in [-0.2, -0.15) is 0 Å². The molecule has 0 aliphatic rings. The number of carbonyl (C=O) groups excluding carboxylic acids is 2. The van der Waals surface area contributed by atoms with E-state index in [1.54, 1.807) is 6.07 Å². The van der Waals surface area contributed by atoms with Crippen LogP contribution in [0.25, 0.3) is 0 Å². The molecule has 1 rings (SSSR count). The van der Waals surface area contributed by atoms with Crippen LogP contribution in [0.2, 0.25) is 0 Å². The Hall–Kier alpha value is -1.84. The number of ketones is 1. The van der Waals surface area contributed by atoms with Gasteiger partial charge in [0.25, 0.3) is 0 Å². The average molecular weight is 221 g/mol. The number of benzene rings is 1. The number of carbonyl (C=O) groups is 2. The minimum absolute atomic E-state index is 0.0885. The summed E-state index contributed by atoms with van der Waals surface area (Å²) >= 11 is 0. The molecule has 0 saturated carbocycles. The van der Waals surface area contributed by atoms with Crippen molar-refractivity contribution in [3.63, 3.8) is 0 Å². The smallest absolute Gasteiger partial charge is 0.221 e.